The first-order chi connectivity index (χ1) is 12.9. The van der Waals surface area contributed by atoms with Crippen molar-refractivity contribution < 1.29 is 14.4 Å². The van der Waals surface area contributed by atoms with Gasteiger partial charge in [0.25, 0.3) is 0 Å². The van der Waals surface area contributed by atoms with Crippen molar-refractivity contribution in [3.05, 3.63) is 47.7 Å². The lowest BCUT2D eigenvalue weighted by Gasteiger charge is -2.15. The molecule has 0 unspecified atom stereocenters. The number of urea groups is 1. The molecule has 2 rings (SSSR count). The number of anilines is 2. The molecule has 27 heavy (non-hydrogen) atoms. The highest BCUT2D eigenvalue weighted by molar-refractivity contribution is 6.22. The maximum absolute atomic E-state index is 12.2. The number of Topliss-reactive ketones (excluding diaryl/α,β-unsaturated/α-hetero) is 1. The number of nitrogens with one attached hydrogen (secondary N) is 5. The fourth-order valence-corrected chi connectivity index (χ4v) is 2.44. The van der Waals surface area contributed by atoms with Gasteiger partial charge in [-0.2, -0.15) is 0 Å². The lowest BCUT2D eigenvalue weighted by atomic mass is 9.98. The predicted octanol–water partition coefficient (Wildman–Crippen LogP) is 2.18. The van der Waals surface area contributed by atoms with Gasteiger partial charge in [0, 0.05) is 23.5 Å². The van der Waals surface area contributed by atoms with E-state index in [1.807, 2.05) is 13.8 Å². The molecular weight excluding hydrogens is 346 g/mol. The van der Waals surface area contributed by atoms with Crippen LogP contribution in [0.4, 0.5) is 16.2 Å². The van der Waals surface area contributed by atoms with Crippen LogP contribution in [0, 0.1) is 5.41 Å². The Kier molecular flexibility index (Phi) is 6.87. The second-order valence-electron chi connectivity index (χ2n) is 5.83. The molecule has 8 nitrogen and oxygen atoms in total. The van der Waals surface area contributed by atoms with Gasteiger partial charge in [-0.05, 0) is 49.8 Å². The van der Waals surface area contributed by atoms with E-state index in [1.165, 1.54) is 12.2 Å². The molecule has 0 aromatic heterocycles. The number of ketones is 1. The number of allylic oxidation sites excluding steroid dienone is 3. The molecule has 5 N–H and O–H groups in total. The summed E-state index contributed by atoms with van der Waals surface area (Å²) in [4.78, 5) is 35.7. The van der Waals surface area contributed by atoms with Crippen molar-refractivity contribution in [2.24, 2.45) is 0 Å². The Morgan fingerprint density at radius 2 is 1.67 bits per heavy atom. The first-order valence-corrected chi connectivity index (χ1v) is 8.67. The van der Waals surface area contributed by atoms with E-state index in [9.17, 15) is 14.4 Å². The van der Waals surface area contributed by atoms with Crippen molar-refractivity contribution in [1.82, 2.24) is 10.6 Å². The largest absolute Gasteiger partial charge is 0.376 e. The Morgan fingerprint density at radius 1 is 1.00 bits per heavy atom. The molecule has 1 aromatic carbocycles. The molecule has 8 heteroatoms. The molecule has 0 saturated carbocycles. The fraction of sp³-hybridized carbons (Fsp3) is 0.263. The van der Waals surface area contributed by atoms with Crippen molar-refractivity contribution in [3.63, 3.8) is 0 Å². The molecule has 0 spiro atoms. The highest BCUT2D eigenvalue weighted by Crippen LogP contribution is 2.16. The average Bonchev–Trinajstić information content (AvgIpc) is 2.64. The molecule has 0 heterocycles. The van der Waals surface area contributed by atoms with Crippen molar-refractivity contribution >= 4 is 34.8 Å². The van der Waals surface area contributed by atoms with E-state index in [1.54, 1.807) is 24.3 Å². The molecule has 1 aromatic rings. The third kappa shape index (κ3) is 5.81. The van der Waals surface area contributed by atoms with Gasteiger partial charge < -0.3 is 26.7 Å². The van der Waals surface area contributed by atoms with Gasteiger partial charge in [0.05, 0.1) is 18.0 Å². The second kappa shape index (κ2) is 9.33. The molecule has 1 aliphatic rings. The molecule has 3 amide bonds. The number of hydrogen-bond acceptors (Lipinski definition) is 5. The SMILES string of the molecule is CCNC(=O)CNc1ccc(NC(=O)NC2=CC(=N)C=C(CC)C2=O)cc1. The van der Waals surface area contributed by atoms with Crippen LogP contribution in [0.5, 0.6) is 0 Å². The average molecular weight is 369 g/mol. The van der Waals surface area contributed by atoms with Crippen LogP contribution in [0.15, 0.2) is 47.7 Å². The lowest BCUT2D eigenvalue weighted by Crippen LogP contribution is -2.33. The van der Waals surface area contributed by atoms with E-state index in [0.717, 1.165) is 5.69 Å². The zero-order valence-electron chi connectivity index (χ0n) is 15.3. The summed E-state index contributed by atoms with van der Waals surface area (Å²) in [6.45, 7) is 4.41. The van der Waals surface area contributed by atoms with Crippen LogP contribution in [0.25, 0.3) is 0 Å². The van der Waals surface area contributed by atoms with Crippen molar-refractivity contribution in [2.45, 2.75) is 20.3 Å². The topological polar surface area (TPSA) is 123 Å². The number of hydrogen-bond donors (Lipinski definition) is 5. The van der Waals surface area contributed by atoms with E-state index in [-0.39, 0.29) is 29.6 Å². The zero-order valence-corrected chi connectivity index (χ0v) is 15.3. The van der Waals surface area contributed by atoms with Gasteiger partial charge >= 0.3 is 6.03 Å². The highest BCUT2D eigenvalue weighted by Gasteiger charge is 2.20. The normalized spacial score (nSPS) is 13.4. The number of carbonyl (C=O) groups is 3. The summed E-state index contributed by atoms with van der Waals surface area (Å²) in [5, 5.41) is 18.5. The highest BCUT2D eigenvalue weighted by atomic mass is 16.2. The summed E-state index contributed by atoms with van der Waals surface area (Å²) in [5.41, 5.74) is 2.01. The Labute approximate surface area is 157 Å². The lowest BCUT2D eigenvalue weighted by molar-refractivity contribution is -0.119. The summed E-state index contributed by atoms with van der Waals surface area (Å²) in [5.74, 6) is -0.385. The van der Waals surface area contributed by atoms with Gasteiger partial charge in [-0.25, -0.2) is 4.79 Å². The van der Waals surface area contributed by atoms with Crippen molar-refractivity contribution in [1.29, 1.82) is 5.41 Å². The Balaban J connectivity index is 1.90. The van der Waals surface area contributed by atoms with Crippen LogP contribution < -0.4 is 21.3 Å². The second-order valence-corrected chi connectivity index (χ2v) is 5.83. The number of rotatable bonds is 7. The number of benzene rings is 1. The molecule has 0 radical (unpaired) electrons. The zero-order chi connectivity index (χ0) is 19.8. The molecular formula is C19H23N5O3. The fourth-order valence-electron chi connectivity index (χ4n) is 2.44. The number of carbonyl (C=O) groups excluding carboxylic acids is 3. The van der Waals surface area contributed by atoms with Gasteiger partial charge in [-0.1, -0.05) is 6.92 Å². The minimum atomic E-state index is -0.567. The predicted molar refractivity (Wildman–Crippen MR) is 105 cm³/mol. The van der Waals surface area contributed by atoms with E-state index >= 15 is 0 Å². The van der Waals surface area contributed by atoms with Gasteiger partial charge in [0.2, 0.25) is 11.7 Å². The molecule has 1 aliphatic carbocycles. The minimum absolute atomic E-state index is 0.0806. The van der Waals surface area contributed by atoms with E-state index in [4.69, 9.17) is 5.41 Å². The van der Waals surface area contributed by atoms with Crippen LogP contribution in [0.1, 0.15) is 20.3 Å². The van der Waals surface area contributed by atoms with E-state index < -0.39 is 6.03 Å². The van der Waals surface area contributed by atoms with Gasteiger partial charge in [0.1, 0.15) is 0 Å². The third-order valence-electron chi connectivity index (χ3n) is 3.76. The first kappa shape index (κ1) is 19.9. The maximum Gasteiger partial charge on any atom is 0.323 e. The minimum Gasteiger partial charge on any atom is -0.376 e. The monoisotopic (exact) mass is 369 g/mol. The summed E-state index contributed by atoms with van der Waals surface area (Å²) in [7, 11) is 0. The van der Waals surface area contributed by atoms with Crippen molar-refractivity contribution in [3.8, 4) is 0 Å². The van der Waals surface area contributed by atoms with Crippen molar-refractivity contribution in [2.75, 3.05) is 23.7 Å². The first-order valence-electron chi connectivity index (χ1n) is 8.67. The van der Waals surface area contributed by atoms with Gasteiger partial charge in [0.15, 0.2) is 0 Å². The number of amides is 3. The summed E-state index contributed by atoms with van der Waals surface area (Å²) in [6.07, 6.45) is 3.32. The maximum atomic E-state index is 12.2. The van der Waals surface area contributed by atoms with Crippen LogP contribution in [-0.2, 0) is 9.59 Å². The molecule has 0 aliphatic heterocycles. The van der Waals surface area contributed by atoms with Gasteiger partial charge in [-0.3, -0.25) is 9.59 Å². The molecule has 142 valence electrons. The summed E-state index contributed by atoms with van der Waals surface area (Å²) < 4.78 is 0. The molecule has 0 saturated heterocycles. The quantitative estimate of drug-likeness (QED) is 0.473. The summed E-state index contributed by atoms with van der Waals surface area (Å²) in [6, 6.07) is 6.25. The van der Waals surface area contributed by atoms with Crippen LogP contribution in [-0.4, -0.2) is 36.5 Å². The molecule has 0 atom stereocenters. The van der Waals surface area contributed by atoms with Gasteiger partial charge in [-0.15, -0.1) is 0 Å². The Bertz CT molecular complexity index is 809. The smallest absolute Gasteiger partial charge is 0.323 e. The Hall–Kier alpha value is -3.42. The van der Waals surface area contributed by atoms with Crippen LogP contribution in [0.3, 0.4) is 0 Å². The van der Waals surface area contributed by atoms with E-state index in [2.05, 4.69) is 21.3 Å². The molecule has 0 bridgehead atoms. The molecule has 0 fully saturated rings. The van der Waals surface area contributed by atoms with Crippen LogP contribution >= 0.6 is 0 Å². The standard InChI is InChI=1S/C19H23N5O3/c1-3-12-9-13(20)10-16(18(12)26)24-19(27)23-15-7-5-14(6-8-15)22-11-17(25)21-4-2/h5-10,20,22H,3-4,11H2,1-2H3,(H,21,25)(H2,23,24,27). The Morgan fingerprint density at radius 3 is 2.30 bits per heavy atom. The van der Waals surface area contributed by atoms with E-state index in [0.29, 0.717) is 24.2 Å². The van der Waals surface area contributed by atoms with Crippen LogP contribution in [0.2, 0.25) is 0 Å². The summed E-state index contributed by atoms with van der Waals surface area (Å²) >= 11 is 0. The number of likely N-dealkylation sites (N-methyl/N-ethyl adjacent to an activating group) is 1. The third-order valence-corrected chi connectivity index (χ3v) is 3.76.